The summed E-state index contributed by atoms with van der Waals surface area (Å²) < 4.78 is 26.9. The van der Waals surface area contributed by atoms with Crippen LogP contribution in [0, 0.1) is 17.6 Å². The van der Waals surface area contributed by atoms with Gasteiger partial charge in [-0.05, 0) is 58.5 Å². The summed E-state index contributed by atoms with van der Waals surface area (Å²) in [5.41, 5.74) is 2.80. The van der Waals surface area contributed by atoms with Gasteiger partial charge in [0.25, 0.3) is 0 Å². The standard InChI is InChI=1S/C24H22F2O4/c1-15(2)22(12-11-20(27)13-21(28)14-23(29)30)24(16-3-7-18(25)8-4-16)17-5-9-19(26)10-6-17/h3-12,15H,13-14H2,1-2H3,(H,29,30). The number of halogens is 2. The molecule has 0 aromatic heterocycles. The number of Topliss-reactive ketones (excluding diaryl/α,β-unsaturated/α-hetero) is 1. The van der Waals surface area contributed by atoms with Crippen LogP contribution in [0.1, 0.15) is 37.8 Å². The smallest absolute Gasteiger partial charge is 0.310 e. The number of carbonyl (C=O) groups excluding carboxylic acids is 2. The topological polar surface area (TPSA) is 71.4 Å². The fourth-order valence-electron chi connectivity index (χ4n) is 2.96. The van der Waals surface area contributed by atoms with Crippen LogP contribution in [0.2, 0.25) is 0 Å². The third-order valence-electron chi connectivity index (χ3n) is 4.35. The first-order chi connectivity index (χ1) is 14.2. The maximum atomic E-state index is 13.4. The Labute approximate surface area is 173 Å². The molecule has 0 heterocycles. The van der Waals surface area contributed by atoms with Crippen molar-refractivity contribution < 1.29 is 28.3 Å². The predicted octanol–water partition coefficient (Wildman–Crippen LogP) is 4.98. The molecule has 1 N–H and O–H groups in total. The second-order valence-electron chi connectivity index (χ2n) is 7.08. The average Bonchev–Trinajstić information content (AvgIpc) is 2.66. The zero-order valence-corrected chi connectivity index (χ0v) is 16.7. The lowest BCUT2D eigenvalue weighted by Gasteiger charge is -2.17. The second-order valence-corrected chi connectivity index (χ2v) is 7.08. The van der Waals surface area contributed by atoms with Crippen LogP contribution in [-0.2, 0) is 14.4 Å². The van der Waals surface area contributed by atoms with Gasteiger partial charge in [0.1, 0.15) is 18.1 Å². The maximum absolute atomic E-state index is 13.4. The highest BCUT2D eigenvalue weighted by molar-refractivity contribution is 6.09. The van der Waals surface area contributed by atoms with Gasteiger partial charge in [-0.2, -0.15) is 0 Å². The number of carboxylic acid groups (broad SMARTS) is 1. The molecule has 0 spiro atoms. The van der Waals surface area contributed by atoms with E-state index in [2.05, 4.69) is 0 Å². The summed E-state index contributed by atoms with van der Waals surface area (Å²) in [5, 5.41) is 8.64. The number of hydrogen-bond acceptors (Lipinski definition) is 3. The van der Waals surface area contributed by atoms with E-state index in [1.807, 2.05) is 13.8 Å². The van der Waals surface area contributed by atoms with E-state index in [0.29, 0.717) is 16.7 Å². The Hall–Kier alpha value is -3.41. The van der Waals surface area contributed by atoms with Crippen molar-refractivity contribution >= 4 is 23.1 Å². The Morgan fingerprint density at radius 1 is 0.833 bits per heavy atom. The fourth-order valence-corrected chi connectivity index (χ4v) is 2.96. The lowest BCUT2D eigenvalue weighted by atomic mass is 9.87. The van der Waals surface area contributed by atoms with Crippen molar-refractivity contribution in [3.05, 3.63) is 89.0 Å². The van der Waals surface area contributed by atoms with E-state index in [4.69, 9.17) is 5.11 Å². The van der Waals surface area contributed by atoms with Gasteiger partial charge in [-0.25, -0.2) is 8.78 Å². The number of rotatable bonds is 9. The largest absolute Gasteiger partial charge is 0.481 e. The van der Waals surface area contributed by atoms with Gasteiger partial charge in [0.15, 0.2) is 11.6 Å². The molecule has 0 aliphatic rings. The van der Waals surface area contributed by atoms with Gasteiger partial charge in [0.05, 0.1) is 6.42 Å². The summed E-state index contributed by atoms with van der Waals surface area (Å²) in [6.45, 7) is 3.82. The fraction of sp³-hybridized carbons (Fsp3) is 0.208. The molecule has 30 heavy (non-hydrogen) atoms. The van der Waals surface area contributed by atoms with Crippen molar-refractivity contribution in [2.75, 3.05) is 0 Å². The first-order valence-electron chi connectivity index (χ1n) is 9.37. The molecule has 156 valence electrons. The van der Waals surface area contributed by atoms with Gasteiger partial charge in [0.2, 0.25) is 0 Å². The van der Waals surface area contributed by atoms with Crippen molar-refractivity contribution in [2.45, 2.75) is 26.7 Å². The van der Waals surface area contributed by atoms with E-state index in [0.717, 1.165) is 5.57 Å². The number of aliphatic carboxylic acids is 1. The van der Waals surface area contributed by atoms with Crippen molar-refractivity contribution in [1.82, 2.24) is 0 Å². The Bertz CT molecular complexity index is 937. The number of carbonyl (C=O) groups is 3. The Morgan fingerprint density at radius 2 is 1.30 bits per heavy atom. The van der Waals surface area contributed by atoms with Gasteiger partial charge >= 0.3 is 5.97 Å². The first-order valence-corrected chi connectivity index (χ1v) is 9.37. The summed E-state index contributed by atoms with van der Waals surface area (Å²) >= 11 is 0. The van der Waals surface area contributed by atoms with Gasteiger partial charge < -0.3 is 5.11 Å². The molecule has 2 aromatic rings. The quantitative estimate of drug-likeness (QED) is 0.358. The minimum Gasteiger partial charge on any atom is -0.481 e. The van der Waals surface area contributed by atoms with Gasteiger partial charge in [-0.3, -0.25) is 14.4 Å². The number of hydrogen-bond donors (Lipinski definition) is 1. The number of carboxylic acids is 1. The van der Waals surface area contributed by atoms with Crippen LogP contribution in [0.3, 0.4) is 0 Å². The van der Waals surface area contributed by atoms with Crippen LogP contribution in [0.5, 0.6) is 0 Å². The molecule has 0 aliphatic carbocycles. The zero-order valence-electron chi connectivity index (χ0n) is 16.7. The van der Waals surface area contributed by atoms with Crippen LogP contribution in [0.15, 0.2) is 66.3 Å². The third-order valence-corrected chi connectivity index (χ3v) is 4.35. The summed E-state index contributed by atoms with van der Waals surface area (Å²) in [6.07, 6.45) is 1.60. The summed E-state index contributed by atoms with van der Waals surface area (Å²) in [6, 6.07) is 11.7. The van der Waals surface area contributed by atoms with E-state index in [1.54, 1.807) is 30.3 Å². The normalized spacial score (nSPS) is 11.0. The van der Waals surface area contributed by atoms with Crippen molar-refractivity contribution in [1.29, 1.82) is 0 Å². The lowest BCUT2D eigenvalue weighted by molar-refractivity contribution is -0.140. The molecule has 0 amide bonds. The monoisotopic (exact) mass is 412 g/mol. The molecule has 6 heteroatoms. The molecular weight excluding hydrogens is 390 g/mol. The Kier molecular flexibility index (Phi) is 7.92. The molecule has 4 nitrogen and oxygen atoms in total. The molecular formula is C24H22F2O4. The lowest BCUT2D eigenvalue weighted by Crippen LogP contribution is -2.10. The van der Waals surface area contributed by atoms with Gasteiger partial charge in [-0.15, -0.1) is 0 Å². The highest BCUT2D eigenvalue weighted by atomic mass is 19.1. The highest BCUT2D eigenvalue weighted by Gasteiger charge is 2.15. The van der Waals surface area contributed by atoms with E-state index >= 15 is 0 Å². The molecule has 0 bridgehead atoms. The van der Waals surface area contributed by atoms with Crippen LogP contribution in [0.25, 0.3) is 5.57 Å². The SMILES string of the molecule is CC(C)C(C=CC(=O)CC(=O)CC(=O)O)=C(c1ccc(F)cc1)c1ccc(F)cc1. The zero-order chi connectivity index (χ0) is 22.3. The molecule has 0 saturated heterocycles. The van der Waals surface area contributed by atoms with Crippen molar-refractivity contribution in [3.63, 3.8) is 0 Å². The molecule has 0 fully saturated rings. The first kappa shape index (κ1) is 22.9. The number of ketones is 2. The maximum Gasteiger partial charge on any atom is 0.310 e. The van der Waals surface area contributed by atoms with Crippen LogP contribution in [0.4, 0.5) is 8.78 Å². The summed E-state index contributed by atoms with van der Waals surface area (Å²) in [7, 11) is 0. The highest BCUT2D eigenvalue weighted by Crippen LogP contribution is 2.31. The minimum absolute atomic E-state index is 0.0612. The van der Waals surface area contributed by atoms with Crippen LogP contribution in [-0.4, -0.2) is 22.6 Å². The van der Waals surface area contributed by atoms with E-state index in [-0.39, 0.29) is 5.92 Å². The molecule has 0 unspecified atom stereocenters. The van der Waals surface area contributed by atoms with Gasteiger partial charge in [0, 0.05) is 0 Å². The molecule has 2 aromatic carbocycles. The predicted molar refractivity (Wildman–Crippen MR) is 110 cm³/mol. The van der Waals surface area contributed by atoms with Crippen LogP contribution < -0.4 is 0 Å². The molecule has 0 saturated carbocycles. The van der Waals surface area contributed by atoms with Gasteiger partial charge in [-0.1, -0.05) is 44.2 Å². The third kappa shape index (κ3) is 6.58. The van der Waals surface area contributed by atoms with E-state index in [1.165, 1.54) is 30.3 Å². The van der Waals surface area contributed by atoms with E-state index < -0.39 is 42.0 Å². The van der Waals surface area contributed by atoms with Crippen molar-refractivity contribution in [2.24, 2.45) is 5.92 Å². The second kappa shape index (κ2) is 10.4. The molecule has 0 atom stereocenters. The number of benzene rings is 2. The summed E-state index contributed by atoms with van der Waals surface area (Å²) in [5.74, 6) is -3.33. The molecule has 0 aliphatic heterocycles. The number of allylic oxidation sites excluding steroid dienone is 3. The summed E-state index contributed by atoms with van der Waals surface area (Å²) in [4.78, 5) is 34.3. The minimum atomic E-state index is -1.28. The average molecular weight is 412 g/mol. The Balaban J connectivity index is 2.49. The Morgan fingerprint density at radius 3 is 1.70 bits per heavy atom. The van der Waals surface area contributed by atoms with E-state index in [9.17, 15) is 23.2 Å². The van der Waals surface area contributed by atoms with Crippen LogP contribution >= 0.6 is 0 Å². The van der Waals surface area contributed by atoms with Crippen molar-refractivity contribution in [3.8, 4) is 0 Å². The molecule has 2 rings (SSSR count). The molecule has 0 radical (unpaired) electrons.